The van der Waals surface area contributed by atoms with E-state index in [2.05, 4.69) is 30.9 Å². The number of nitrogens with zero attached hydrogens (tertiary/aromatic N) is 5. The molecule has 0 saturated carbocycles. The van der Waals surface area contributed by atoms with Crippen molar-refractivity contribution >= 4 is 33.3 Å². The zero-order valence-electron chi connectivity index (χ0n) is 13.3. The van der Waals surface area contributed by atoms with Crippen LogP contribution in [0.25, 0.3) is 5.65 Å². The largest absolute Gasteiger partial charge is 0.353 e. The molecule has 3 aromatic rings. The lowest BCUT2D eigenvalue weighted by Gasteiger charge is -2.36. The Morgan fingerprint density at radius 1 is 1.08 bits per heavy atom. The van der Waals surface area contributed by atoms with Gasteiger partial charge in [0.15, 0.2) is 5.65 Å². The Morgan fingerprint density at radius 2 is 1.88 bits per heavy atom. The fraction of sp³-hybridized carbons (Fsp3) is 0.235. The predicted molar refractivity (Wildman–Crippen MR) is 95.2 cm³/mol. The molecule has 0 aliphatic carbocycles. The Balaban J connectivity index is 1.51. The van der Waals surface area contributed by atoms with Gasteiger partial charge in [-0.25, -0.2) is 9.37 Å². The number of aromatic nitrogens is 3. The number of benzene rings is 1. The number of rotatable bonds is 2. The molecule has 1 amide bonds. The van der Waals surface area contributed by atoms with Gasteiger partial charge in [0.2, 0.25) is 0 Å². The third kappa shape index (κ3) is 2.97. The molecule has 2 aromatic heterocycles. The maximum absolute atomic E-state index is 13.5. The summed E-state index contributed by atoms with van der Waals surface area (Å²) in [7, 11) is 0. The van der Waals surface area contributed by atoms with Crippen LogP contribution >= 0.6 is 15.9 Å². The molecule has 0 atom stereocenters. The SMILES string of the molecule is O=C(c1cc(F)ccc1Br)N1CCN(c2ccnc3ccnn23)CC1. The first kappa shape index (κ1) is 16.0. The second-order valence-electron chi connectivity index (χ2n) is 5.81. The molecule has 0 N–H and O–H groups in total. The summed E-state index contributed by atoms with van der Waals surface area (Å²) >= 11 is 3.33. The summed E-state index contributed by atoms with van der Waals surface area (Å²) in [5.74, 6) is 0.377. The Kier molecular flexibility index (Phi) is 4.12. The summed E-state index contributed by atoms with van der Waals surface area (Å²) in [6, 6.07) is 7.93. The quantitative estimate of drug-likeness (QED) is 0.659. The highest BCUT2D eigenvalue weighted by Gasteiger charge is 2.25. The number of amides is 1. The fourth-order valence-corrected chi connectivity index (χ4v) is 3.45. The summed E-state index contributed by atoms with van der Waals surface area (Å²) in [5, 5.41) is 4.30. The summed E-state index contributed by atoms with van der Waals surface area (Å²) in [6.07, 6.45) is 3.47. The number of carbonyl (C=O) groups is 1. The molecule has 0 unspecified atom stereocenters. The smallest absolute Gasteiger partial charge is 0.255 e. The molecule has 3 heterocycles. The average molecular weight is 404 g/mol. The molecule has 0 bridgehead atoms. The summed E-state index contributed by atoms with van der Waals surface area (Å²) < 4.78 is 15.9. The van der Waals surface area contributed by atoms with Gasteiger partial charge >= 0.3 is 0 Å². The first-order valence-electron chi connectivity index (χ1n) is 7.91. The first-order chi connectivity index (χ1) is 12.1. The summed E-state index contributed by atoms with van der Waals surface area (Å²) in [4.78, 5) is 20.9. The lowest BCUT2D eigenvalue weighted by molar-refractivity contribution is 0.0745. The van der Waals surface area contributed by atoms with Crippen molar-refractivity contribution in [2.75, 3.05) is 31.1 Å². The number of piperazine rings is 1. The zero-order valence-corrected chi connectivity index (χ0v) is 14.9. The molecule has 1 aromatic carbocycles. The monoisotopic (exact) mass is 403 g/mol. The first-order valence-corrected chi connectivity index (χ1v) is 8.71. The third-order valence-corrected chi connectivity index (χ3v) is 5.01. The van der Waals surface area contributed by atoms with E-state index in [1.807, 2.05) is 12.1 Å². The van der Waals surface area contributed by atoms with Gasteiger partial charge in [0, 0.05) is 42.9 Å². The van der Waals surface area contributed by atoms with Crippen LogP contribution in [0.5, 0.6) is 0 Å². The van der Waals surface area contributed by atoms with Crippen LogP contribution in [0.2, 0.25) is 0 Å². The molecule has 1 fully saturated rings. The minimum atomic E-state index is -0.414. The maximum Gasteiger partial charge on any atom is 0.255 e. The van der Waals surface area contributed by atoms with E-state index in [-0.39, 0.29) is 5.91 Å². The molecule has 0 spiro atoms. The van der Waals surface area contributed by atoms with Gasteiger partial charge in [-0.05, 0) is 40.2 Å². The Morgan fingerprint density at radius 3 is 2.68 bits per heavy atom. The van der Waals surface area contributed by atoms with Gasteiger partial charge in [-0.1, -0.05) is 0 Å². The number of hydrogen-bond donors (Lipinski definition) is 0. The van der Waals surface area contributed by atoms with Gasteiger partial charge in [-0.15, -0.1) is 0 Å². The van der Waals surface area contributed by atoms with E-state index in [9.17, 15) is 9.18 Å². The molecule has 25 heavy (non-hydrogen) atoms. The molecule has 4 rings (SSSR count). The summed E-state index contributed by atoms with van der Waals surface area (Å²) in [5.41, 5.74) is 1.14. The van der Waals surface area contributed by atoms with Gasteiger partial charge in [0.1, 0.15) is 11.6 Å². The van der Waals surface area contributed by atoms with E-state index in [4.69, 9.17) is 0 Å². The second kappa shape index (κ2) is 6.44. The second-order valence-corrected chi connectivity index (χ2v) is 6.66. The highest BCUT2D eigenvalue weighted by atomic mass is 79.9. The lowest BCUT2D eigenvalue weighted by Crippen LogP contribution is -2.49. The van der Waals surface area contributed by atoms with Gasteiger partial charge in [-0.3, -0.25) is 4.79 Å². The maximum atomic E-state index is 13.5. The van der Waals surface area contributed by atoms with Crippen molar-refractivity contribution < 1.29 is 9.18 Å². The predicted octanol–water partition coefficient (Wildman–Crippen LogP) is 2.59. The van der Waals surface area contributed by atoms with Crippen LogP contribution in [-0.2, 0) is 0 Å². The van der Waals surface area contributed by atoms with E-state index < -0.39 is 5.82 Å². The molecular weight excluding hydrogens is 389 g/mol. The van der Waals surface area contributed by atoms with Crippen molar-refractivity contribution in [3.63, 3.8) is 0 Å². The van der Waals surface area contributed by atoms with Crippen molar-refractivity contribution in [2.24, 2.45) is 0 Å². The van der Waals surface area contributed by atoms with Gasteiger partial charge in [0.05, 0.1) is 11.8 Å². The van der Waals surface area contributed by atoms with E-state index >= 15 is 0 Å². The van der Waals surface area contributed by atoms with Crippen molar-refractivity contribution in [3.8, 4) is 0 Å². The Hall–Kier alpha value is -2.48. The van der Waals surface area contributed by atoms with Crippen molar-refractivity contribution in [2.45, 2.75) is 0 Å². The average Bonchev–Trinajstić information content (AvgIpc) is 3.12. The fourth-order valence-electron chi connectivity index (χ4n) is 3.03. The number of hydrogen-bond acceptors (Lipinski definition) is 4. The van der Waals surface area contributed by atoms with E-state index in [0.717, 1.165) is 11.5 Å². The molecule has 6 nitrogen and oxygen atoms in total. The van der Waals surface area contributed by atoms with Gasteiger partial charge in [-0.2, -0.15) is 9.61 Å². The molecule has 1 aliphatic heterocycles. The minimum absolute atomic E-state index is 0.162. The minimum Gasteiger partial charge on any atom is -0.353 e. The number of halogens is 2. The van der Waals surface area contributed by atoms with Gasteiger partial charge in [0.25, 0.3) is 5.91 Å². The Bertz CT molecular complexity index is 936. The van der Waals surface area contributed by atoms with Crippen molar-refractivity contribution in [3.05, 3.63) is 58.6 Å². The standard InChI is InChI=1S/C17H15BrFN5O/c18-14-2-1-12(19)11-13(14)17(25)23-9-7-22(8-10-23)16-4-5-20-15-3-6-21-24(15)16/h1-6,11H,7-10H2. The molecule has 128 valence electrons. The van der Waals surface area contributed by atoms with Crippen molar-refractivity contribution in [1.82, 2.24) is 19.5 Å². The highest BCUT2D eigenvalue weighted by molar-refractivity contribution is 9.10. The van der Waals surface area contributed by atoms with Crippen LogP contribution in [0, 0.1) is 5.82 Å². The van der Waals surface area contributed by atoms with Crippen molar-refractivity contribution in [1.29, 1.82) is 0 Å². The Labute approximate surface area is 152 Å². The van der Waals surface area contributed by atoms with Crippen LogP contribution in [0.4, 0.5) is 10.2 Å². The number of carbonyl (C=O) groups excluding carboxylic acids is 1. The van der Waals surface area contributed by atoms with E-state index in [1.165, 1.54) is 12.1 Å². The number of fused-ring (bicyclic) bond motifs is 1. The third-order valence-electron chi connectivity index (χ3n) is 4.32. The summed E-state index contributed by atoms with van der Waals surface area (Å²) in [6.45, 7) is 2.48. The van der Waals surface area contributed by atoms with Crippen LogP contribution in [0.3, 0.4) is 0 Å². The molecule has 1 saturated heterocycles. The number of anilines is 1. The lowest BCUT2D eigenvalue weighted by atomic mass is 10.1. The van der Waals surface area contributed by atoms with E-state index in [1.54, 1.807) is 27.9 Å². The van der Waals surface area contributed by atoms with Crippen LogP contribution in [0.1, 0.15) is 10.4 Å². The molecule has 0 radical (unpaired) electrons. The molecule has 8 heteroatoms. The zero-order chi connectivity index (χ0) is 17.4. The molecular formula is C17H15BrFN5O. The van der Waals surface area contributed by atoms with E-state index in [0.29, 0.717) is 36.2 Å². The van der Waals surface area contributed by atoms with Crippen LogP contribution in [-0.4, -0.2) is 51.6 Å². The van der Waals surface area contributed by atoms with Crippen LogP contribution < -0.4 is 4.90 Å². The van der Waals surface area contributed by atoms with Gasteiger partial charge < -0.3 is 9.80 Å². The molecule has 1 aliphatic rings. The topological polar surface area (TPSA) is 53.7 Å². The highest BCUT2D eigenvalue weighted by Crippen LogP contribution is 2.22. The normalized spacial score (nSPS) is 15.0. The van der Waals surface area contributed by atoms with Crippen LogP contribution in [0.15, 0.2) is 47.2 Å².